The van der Waals surface area contributed by atoms with E-state index in [4.69, 9.17) is 31.9 Å². The number of rotatable bonds is 2. The number of nitrogens with zero attached hydrogens (tertiary/aromatic N) is 4. The maximum Gasteiger partial charge on any atom is 0.291 e. The van der Waals surface area contributed by atoms with Crippen LogP contribution in [0.15, 0.2) is 35.7 Å². The van der Waals surface area contributed by atoms with E-state index in [0.29, 0.717) is 11.4 Å². The number of guanidine groups is 1. The number of aromatic nitrogens is 2. The summed E-state index contributed by atoms with van der Waals surface area (Å²) in [5, 5.41) is 21.2. The summed E-state index contributed by atoms with van der Waals surface area (Å²) < 4.78 is 15.4. The van der Waals surface area contributed by atoms with Gasteiger partial charge in [0.2, 0.25) is 0 Å². The summed E-state index contributed by atoms with van der Waals surface area (Å²) in [7, 11) is 0. The normalized spacial score (nSPS) is 9.00. The van der Waals surface area contributed by atoms with E-state index in [1.54, 1.807) is 36.1 Å². The van der Waals surface area contributed by atoms with Gasteiger partial charge >= 0.3 is 0 Å². The SMILES string of the molecule is CCO.Cc1cn(-c2ccc(N=C(N)N)cc2F)cn1.O=[N+]([O-])O. The molecule has 0 unspecified atom stereocenters. The molecule has 0 saturated carbocycles. The summed E-state index contributed by atoms with van der Waals surface area (Å²) in [6, 6.07) is 4.50. The van der Waals surface area contributed by atoms with Crippen molar-refractivity contribution in [2.45, 2.75) is 13.8 Å². The molecule has 0 aliphatic rings. The molecule has 11 heteroatoms. The lowest BCUT2D eigenvalue weighted by Gasteiger charge is -2.04. The van der Waals surface area contributed by atoms with Gasteiger partial charge in [-0.25, -0.2) is 14.4 Å². The third-order valence-electron chi connectivity index (χ3n) is 2.18. The zero-order valence-electron chi connectivity index (χ0n) is 13.1. The van der Waals surface area contributed by atoms with Crippen LogP contribution in [0.5, 0.6) is 0 Å². The molecule has 0 aliphatic heterocycles. The van der Waals surface area contributed by atoms with Crippen LogP contribution in [-0.2, 0) is 0 Å². The van der Waals surface area contributed by atoms with E-state index < -0.39 is 10.9 Å². The van der Waals surface area contributed by atoms with E-state index in [1.165, 1.54) is 6.07 Å². The Bertz CT molecular complexity index is 681. The van der Waals surface area contributed by atoms with Crippen molar-refractivity contribution in [3.05, 3.63) is 52.3 Å². The lowest BCUT2D eigenvalue weighted by Crippen LogP contribution is -2.21. The number of aliphatic hydroxyl groups excluding tert-OH is 1. The van der Waals surface area contributed by atoms with Crippen LogP contribution in [0.1, 0.15) is 12.6 Å². The topological polar surface area (TPSA) is 166 Å². The number of halogens is 1. The van der Waals surface area contributed by atoms with Gasteiger partial charge in [0.1, 0.15) is 5.82 Å². The molecule has 0 spiro atoms. The highest BCUT2D eigenvalue weighted by atomic mass is 19.1. The third-order valence-corrected chi connectivity index (χ3v) is 2.18. The van der Waals surface area contributed by atoms with E-state index in [0.717, 1.165) is 5.69 Å². The molecule has 2 rings (SSSR count). The van der Waals surface area contributed by atoms with Crippen LogP contribution in [0.3, 0.4) is 0 Å². The highest BCUT2D eigenvalue weighted by Crippen LogP contribution is 2.20. The molecule has 132 valence electrons. The Hall–Kier alpha value is -3.21. The number of hydrogen-bond acceptors (Lipinski definition) is 5. The number of benzene rings is 1. The predicted octanol–water partition coefficient (Wildman–Crippen LogP) is 0.876. The molecule has 1 aromatic heterocycles. The molecule has 0 aliphatic carbocycles. The lowest BCUT2D eigenvalue weighted by atomic mass is 10.2. The summed E-state index contributed by atoms with van der Waals surface area (Å²) in [5.74, 6) is -0.513. The molecule has 1 heterocycles. The molecule has 0 fully saturated rings. The van der Waals surface area contributed by atoms with Gasteiger partial charge in [-0.3, -0.25) is 0 Å². The minimum absolute atomic E-state index is 0.101. The number of hydrogen-bond donors (Lipinski definition) is 4. The fraction of sp³-hybridized carbons (Fsp3) is 0.231. The summed E-state index contributed by atoms with van der Waals surface area (Å²) in [6.45, 7) is 3.77. The quantitative estimate of drug-likeness (QED) is 0.272. The Labute approximate surface area is 137 Å². The van der Waals surface area contributed by atoms with Crippen LogP contribution >= 0.6 is 0 Å². The Balaban J connectivity index is 0.000000648. The molecule has 0 saturated heterocycles. The van der Waals surface area contributed by atoms with Crippen LogP contribution in [0.4, 0.5) is 10.1 Å². The first-order valence-electron chi connectivity index (χ1n) is 6.55. The molecule has 0 amide bonds. The van der Waals surface area contributed by atoms with Crippen molar-refractivity contribution in [3.63, 3.8) is 0 Å². The van der Waals surface area contributed by atoms with Gasteiger partial charge in [0.25, 0.3) is 5.09 Å². The Morgan fingerprint density at radius 2 is 2.04 bits per heavy atom. The summed E-state index contributed by atoms with van der Waals surface area (Å²) in [5.41, 5.74) is 12.0. The highest BCUT2D eigenvalue weighted by molar-refractivity contribution is 5.79. The van der Waals surface area contributed by atoms with E-state index in [9.17, 15) is 4.39 Å². The molecule has 2 aromatic rings. The van der Waals surface area contributed by atoms with Gasteiger partial charge in [0.15, 0.2) is 5.96 Å². The van der Waals surface area contributed by atoms with E-state index >= 15 is 0 Å². The predicted molar refractivity (Wildman–Crippen MR) is 85.3 cm³/mol. The summed E-state index contributed by atoms with van der Waals surface area (Å²) >= 11 is 0. The van der Waals surface area contributed by atoms with Crippen LogP contribution in [0.25, 0.3) is 5.69 Å². The molecular formula is C13H19FN6O4. The third kappa shape index (κ3) is 8.29. The number of imidazole rings is 1. The van der Waals surface area contributed by atoms with Crippen LogP contribution in [0, 0.1) is 22.9 Å². The molecule has 1 aromatic carbocycles. The minimum atomic E-state index is -1.50. The van der Waals surface area contributed by atoms with Crippen molar-refractivity contribution in [2.75, 3.05) is 6.61 Å². The number of aliphatic hydroxyl groups is 1. The first kappa shape index (κ1) is 20.8. The van der Waals surface area contributed by atoms with Crippen molar-refractivity contribution >= 4 is 11.6 Å². The fourth-order valence-electron chi connectivity index (χ4n) is 1.48. The van der Waals surface area contributed by atoms with Gasteiger partial charge in [0, 0.05) is 18.9 Å². The van der Waals surface area contributed by atoms with Crippen LogP contribution in [-0.4, -0.2) is 37.5 Å². The van der Waals surface area contributed by atoms with Gasteiger partial charge in [0.05, 0.1) is 23.4 Å². The van der Waals surface area contributed by atoms with E-state index in [-0.39, 0.29) is 12.6 Å². The highest BCUT2D eigenvalue weighted by Gasteiger charge is 2.05. The average Bonchev–Trinajstić information content (AvgIpc) is 2.85. The van der Waals surface area contributed by atoms with Gasteiger partial charge in [-0.15, -0.1) is 10.1 Å². The largest absolute Gasteiger partial charge is 0.397 e. The van der Waals surface area contributed by atoms with Crippen LogP contribution < -0.4 is 11.5 Å². The van der Waals surface area contributed by atoms with Crippen molar-refractivity contribution < 1.29 is 19.8 Å². The van der Waals surface area contributed by atoms with Gasteiger partial charge in [-0.2, -0.15) is 0 Å². The number of aliphatic imine (C=N–C) groups is 1. The van der Waals surface area contributed by atoms with Gasteiger partial charge < -0.3 is 26.3 Å². The van der Waals surface area contributed by atoms with Crippen molar-refractivity contribution in [3.8, 4) is 5.69 Å². The molecule has 24 heavy (non-hydrogen) atoms. The van der Waals surface area contributed by atoms with Gasteiger partial charge in [-0.05, 0) is 26.0 Å². The fourth-order valence-corrected chi connectivity index (χ4v) is 1.48. The molecule has 6 N–H and O–H groups in total. The second kappa shape index (κ2) is 10.5. The van der Waals surface area contributed by atoms with E-state index in [1.807, 2.05) is 6.92 Å². The molecule has 0 atom stereocenters. The maximum atomic E-state index is 13.8. The maximum absolute atomic E-state index is 13.8. The lowest BCUT2D eigenvalue weighted by molar-refractivity contribution is -0.742. The second-order valence-electron chi connectivity index (χ2n) is 4.15. The standard InChI is InChI=1S/C11H12FN5.C2H6O.HNO3/c1-7-5-17(6-15-7)10-3-2-8(4-9(10)12)16-11(13)14;1-2-3;2-1(3)4/h2-6H,1H3,(H4,13,14,16);3H,2H2,1H3;(H,2,3,4). The van der Waals surface area contributed by atoms with Crippen molar-refractivity contribution in [1.82, 2.24) is 9.55 Å². The Morgan fingerprint density at radius 3 is 2.42 bits per heavy atom. The molecule has 0 bridgehead atoms. The van der Waals surface area contributed by atoms with E-state index in [2.05, 4.69) is 9.98 Å². The van der Waals surface area contributed by atoms with Crippen LogP contribution in [0.2, 0.25) is 0 Å². The van der Waals surface area contributed by atoms with Crippen molar-refractivity contribution in [2.24, 2.45) is 16.5 Å². The number of nitrogens with two attached hydrogens (primary N) is 2. The van der Waals surface area contributed by atoms with Crippen molar-refractivity contribution in [1.29, 1.82) is 0 Å². The smallest absolute Gasteiger partial charge is 0.291 e. The van der Waals surface area contributed by atoms with Gasteiger partial charge in [-0.1, -0.05) is 0 Å². The zero-order valence-corrected chi connectivity index (χ0v) is 13.1. The Morgan fingerprint density at radius 1 is 1.50 bits per heavy atom. The monoisotopic (exact) mass is 342 g/mol. The summed E-state index contributed by atoms with van der Waals surface area (Å²) in [4.78, 5) is 16.2. The minimum Gasteiger partial charge on any atom is -0.397 e. The first-order chi connectivity index (χ1) is 11.2. The number of aryl methyl sites for hydroxylation is 1. The second-order valence-corrected chi connectivity index (χ2v) is 4.15. The zero-order chi connectivity index (χ0) is 18.7. The molecule has 10 nitrogen and oxygen atoms in total. The first-order valence-corrected chi connectivity index (χ1v) is 6.55. The molecular weight excluding hydrogens is 323 g/mol. The average molecular weight is 342 g/mol. The summed E-state index contributed by atoms with van der Waals surface area (Å²) in [6.07, 6.45) is 3.28. The Kier molecular flexibility index (Phi) is 9.10. The molecule has 0 radical (unpaired) electrons.